The van der Waals surface area contributed by atoms with Crippen LogP contribution in [0.1, 0.15) is 15.9 Å². The van der Waals surface area contributed by atoms with E-state index in [9.17, 15) is 4.79 Å². The molecule has 0 aliphatic rings. The van der Waals surface area contributed by atoms with Crippen molar-refractivity contribution < 1.29 is 4.79 Å². The molecule has 1 amide bonds. The SMILES string of the molecule is Cc1cc(-c2nc3ccccc3s2)ccc1NC(=O)c1cccc2c(Cl)cccc12. The zero-order chi connectivity index (χ0) is 20.7. The molecular weight excluding hydrogens is 412 g/mol. The summed E-state index contributed by atoms with van der Waals surface area (Å²) in [5.74, 6) is -0.154. The van der Waals surface area contributed by atoms with Crippen molar-refractivity contribution in [2.45, 2.75) is 6.92 Å². The highest BCUT2D eigenvalue weighted by Gasteiger charge is 2.13. The van der Waals surface area contributed by atoms with Gasteiger partial charge >= 0.3 is 0 Å². The summed E-state index contributed by atoms with van der Waals surface area (Å²) in [4.78, 5) is 17.7. The standard InChI is InChI=1S/C25H17ClN2OS/c1-15-14-16(25-28-22-10-2-3-11-23(22)30-25)12-13-21(15)27-24(29)19-8-4-7-18-17(19)6-5-9-20(18)26/h2-14H,1H3,(H,27,29). The van der Waals surface area contributed by atoms with E-state index in [4.69, 9.17) is 16.6 Å². The largest absolute Gasteiger partial charge is 0.322 e. The lowest BCUT2D eigenvalue weighted by Crippen LogP contribution is -2.13. The number of amides is 1. The quantitative estimate of drug-likeness (QED) is 0.327. The molecule has 0 fully saturated rings. The summed E-state index contributed by atoms with van der Waals surface area (Å²) in [5, 5.41) is 6.36. The number of halogens is 1. The van der Waals surface area contributed by atoms with E-state index < -0.39 is 0 Å². The summed E-state index contributed by atoms with van der Waals surface area (Å²) in [6, 6.07) is 25.3. The summed E-state index contributed by atoms with van der Waals surface area (Å²) in [6.45, 7) is 1.99. The van der Waals surface area contributed by atoms with Crippen LogP contribution in [-0.4, -0.2) is 10.9 Å². The van der Waals surface area contributed by atoms with Crippen LogP contribution in [0.25, 0.3) is 31.6 Å². The van der Waals surface area contributed by atoms with Crippen LogP contribution in [0.4, 0.5) is 5.69 Å². The van der Waals surface area contributed by atoms with E-state index in [1.54, 1.807) is 11.3 Å². The number of hydrogen-bond donors (Lipinski definition) is 1. The van der Waals surface area contributed by atoms with Gasteiger partial charge in [0.05, 0.1) is 10.2 Å². The molecule has 146 valence electrons. The van der Waals surface area contributed by atoms with E-state index in [1.165, 1.54) is 0 Å². The highest BCUT2D eigenvalue weighted by atomic mass is 35.5. The molecule has 0 bridgehead atoms. The van der Waals surface area contributed by atoms with Gasteiger partial charge in [0.15, 0.2) is 0 Å². The van der Waals surface area contributed by atoms with Crippen LogP contribution in [0.2, 0.25) is 5.02 Å². The van der Waals surface area contributed by atoms with Crippen molar-refractivity contribution in [2.24, 2.45) is 0 Å². The smallest absolute Gasteiger partial charge is 0.256 e. The molecule has 5 heteroatoms. The Balaban J connectivity index is 1.46. The molecule has 1 N–H and O–H groups in total. The Morgan fingerprint density at radius 3 is 2.57 bits per heavy atom. The summed E-state index contributed by atoms with van der Waals surface area (Å²) in [7, 11) is 0. The molecular formula is C25H17ClN2OS. The molecule has 30 heavy (non-hydrogen) atoms. The normalized spacial score (nSPS) is 11.1. The number of anilines is 1. The number of aromatic nitrogens is 1. The van der Waals surface area contributed by atoms with Gasteiger partial charge in [-0.1, -0.05) is 48.0 Å². The zero-order valence-electron chi connectivity index (χ0n) is 16.1. The lowest BCUT2D eigenvalue weighted by atomic mass is 10.0. The monoisotopic (exact) mass is 428 g/mol. The van der Waals surface area contributed by atoms with Crippen LogP contribution in [0.5, 0.6) is 0 Å². The van der Waals surface area contributed by atoms with E-state index in [2.05, 4.69) is 17.4 Å². The van der Waals surface area contributed by atoms with Crippen molar-refractivity contribution in [3.63, 3.8) is 0 Å². The van der Waals surface area contributed by atoms with Gasteiger partial charge in [-0.3, -0.25) is 4.79 Å². The van der Waals surface area contributed by atoms with Crippen molar-refractivity contribution in [2.75, 3.05) is 5.32 Å². The second-order valence-electron chi connectivity index (χ2n) is 7.11. The summed E-state index contributed by atoms with van der Waals surface area (Å²) in [6.07, 6.45) is 0. The highest BCUT2D eigenvalue weighted by molar-refractivity contribution is 7.21. The third-order valence-electron chi connectivity index (χ3n) is 5.13. The predicted octanol–water partition coefficient (Wildman–Crippen LogP) is 7.33. The Morgan fingerprint density at radius 2 is 1.73 bits per heavy atom. The third kappa shape index (κ3) is 3.34. The number of fused-ring (bicyclic) bond motifs is 2. The van der Waals surface area contributed by atoms with Crippen LogP contribution < -0.4 is 5.32 Å². The third-order valence-corrected chi connectivity index (χ3v) is 6.54. The van der Waals surface area contributed by atoms with E-state index in [0.717, 1.165) is 42.8 Å². The molecule has 0 saturated carbocycles. The zero-order valence-corrected chi connectivity index (χ0v) is 17.7. The van der Waals surface area contributed by atoms with Gasteiger partial charge in [0.1, 0.15) is 5.01 Å². The van der Waals surface area contributed by atoms with E-state index in [-0.39, 0.29) is 5.91 Å². The molecule has 1 heterocycles. The fourth-order valence-corrected chi connectivity index (χ4v) is 4.79. The first kappa shape index (κ1) is 18.8. The maximum Gasteiger partial charge on any atom is 0.256 e. The maximum atomic E-state index is 13.0. The number of carbonyl (C=O) groups excluding carboxylic acids is 1. The molecule has 0 aliphatic carbocycles. The van der Waals surface area contributed by atoms with Gasteiger partial charge in [-0.15, -0.1) is 11.3 Å². The second-order valence-corrected chi connectivity index (χ2v) is 8.55. The number of benzene rings is 4. The molecule has 5 rings (SSSR count). The molecule has 0 radical (unpaired) electrons. The molecule has 1 aromatic heterocycles. The molecule has 4 aromatic carbocycles. The second kappa shape index (κ2) is 7.56. The van der Waals surface area contributed by atoms with Gasteiger partial charge in [0, 0.05) is 27.2 Å². The Labute approximate surface area is 183 Å². The first-order valence-electron chi connectivity index (χ1n) is 9.55. The van der Waals surface area contributed by atoms with Gasteiger partial charge in [-0.2, -0.15) is 0 Å². The Morgan fingerprint density at radius 1 is 0.933 bits per heavy atom. The molecule has 0 aliphatic heterocycles. The summed E-state index contributed by atoms with van der Waals surface area (Å²) >= 11 is 7.95. The maximum absolute atomic E-state index is 13.0. The number of nitrogens with zero attached hydrogens (tertiary/aromatic N) is 1. The first-order chi connectivity index (χ1) is 14.6. The van der Waals surface area contributed by atoms with Crippen LogP contribution in [0, 0.1) is 6.92 Å². The molecule has 3 nitrogen and oxygen atoms in total. The summed E-state index contributed by atoms with van der Waals surface area (Å²) < 4.78 is 1.16. The Bertz CT molecular complexity index is 1390. The number of aryl methyl sites for hydroxylation is 1. The number of rotatable bonds is 3. The molecule has 0 unspecified atom stereocenters. The van der Waals surface area contributed by atoms with E-state index in [1.807, 2.05) is 73.7 Å². The fourth-order valence-electron chi connectivity index (χ4n) is 3.59. The van der Waals surface area contributed by atoms with E-state index >= 15 is 0 Å². The van der Waals surface area contributed by atoms with Crippen molar-refractivity contribution in [3.05, 3.63) is 95.0 Å². The van der Waals surface area contributed by atoms with Crippen molar-refractivity contribution >= 4 is 55.5 Å². The molecule has 0 atom stereocenters. The topological polar surface area (TPSA) is 42.0 Å². The number of hydrogen-bond acceptors (Lipinski definition) is 3. The molecule has 0 saturated heterocycles. The fraction of sp³-hybridized carbons (Fsp3) is 0.0400. The molecule has 0 spiro atoms. The van der Waals surface area contributed by atoms with Gasteiger partial charge in [0.25, 0.3) is 5.91 Å². The Hall–Kier alpha value is -3.21. The van der Waals surface area contributed by atoms with Gasteiger partial charge < -0.3 is 5.32 Å². The number of nitrogens with one attached hydrogen (secondary N) is 1. The minimum Gasteiger partial charge on any atom is -0.322 e. The lowest BCUT2D eigenvalue weighted by Gasteiger charge is -2.11. The van der Waals surface area contributed by atoms with Crippen LogP contribution in [0.3, 0.4) is 0 Å². The van der Waals surface area contributed by atoms with Gasteiger partial charge in [-0.05, 0) is 60.3 Å². The van der Waals surface area contributed by atoms with Crippen molar-refractivity contribution in [3.8, 4) is 10.6 Å². The number of thiazole rings is 1. The number of para-hydroxylation sites is 1. The van der Waals surface area contributed by atoms with Crippen LogP contribution in [-0.2, 0) is 0 Å². The lowest BCUT2D eigenvalue weighted by molar-refractivity contribution is 0.102. The van der Waals surface area contributed by atoms with Crippen LogP contribution in [0.15, 0.2) is 78.9 Å². The van der Waals surface area contributed by atoms with Crippen molar-refractivity contribution in [1.82, 2.24) is 4.98 Å². The Kier molecular flexibility index (Phi) is 4.74. The first-order valence-corrected chi connectivity index (χ1v) is 10.7. The minimum atomic E-state index is -0.154. The average Bonchev–Trinajstić information content (AvgIpc) is 3.19. The predicted molar refractivity (Wildman–Crippen MR) is 127 cm³/mol. The van der Waals surface area contributed by atoms with Gasteiger partial charge in [-0.25, -0.2) is 4.98 Å². The summed E-state index contributed by atoms with van der Waals surface area (Å²) in [5.41, 5.74) is 4.41. The number of carbonyl (C=O) groups is 1. The average molecular weight is 429 g/mol. The molecule has 5 aromatic rings. The van der Waals surface area contributed by atoms with Crippen LogP contribution >= 0.6 is 22.9 Å². The highest BCUT2D eigenvalue weighted by Crippen LogP contribution is 2.32. The minimum absolute atomic E-state index is 0.154. The van der Waals surface area contributed by atoms with Gasteiger partial charge in [0.2, 0.25) is 0 Å². The van der Waals surface area contributed by atoms with Crippen molar-refractivity contribution in [1.29, 1.82) is 0 Å². The van der Waals surface area contributed by atoms with E-state index in [0.29, 0.717) is 10.6 Å².